The second kappa shape index (κ2) is 7.85. The molecule has 0 fully saturated rings. The molecular formula is C19H25NO2. The summed E-state index contributed by atoms with van der Waals surface area (Å²) in [7, 11) is 1.94. The second-order valence-corrected chi connectivity index (χ2v) is 5.38. The Kier molecular flexibility index (Phi) is 5.84. The van der Waals surface area contributed by atoms with Crippen LogP contribution in [-0.2, 0) is 18.0 Å². The molecule has 0 aliphatic carbocycles. The Bertz CT molecular complexity index is 623. The highest BCUT2D eigenvalue weighted by Gasteiger charge is 2.07. The highest BCUT2D eigenvalue weighted by molar-refractivity contribution is 5.54. The molecule has 2 aromatic rings. The molecule has 0 saturated carbocycles. The molecule has 0 aliphatic rings. The molecule has 0 aliphatic heterocycles. The molecule has 0 spiro atoms. The minimum Gasteiger partial charge on any atom is -0.489 e. The van der Waals surface area contributed by atoms with Gasteiger partial charge >= 0.3 is 0 Å². The quantitative estimate of drug-likeness (QED) is 0.818. The van der Waals surface area contributed by atoms with Crippen molar-refractivity contribution >= 4 is 5.69 Å². The van der Waals surface area contributed by atoms with E-state index in [2.05, 4.69) is 49.5 Å². The van der Waals surface area contributed by atoms with E-state index < -0.39 is 0 Å². The number of benzene rings is 2. The molecule has 0 amide bonds. The van der Waals surface area contributed by atoms with E-state index in [1.54, 1.807) is 0 Å². The number of aryl methyl sites for hydroxylation is 2. The molecule has 1 N–H and O–H groups in total. The number of anilines is 1. The summed E-state index contributed by atoms with van der Waals surface area (Å²) < 4.78 is 11.5. The summed E-state index contributed by atoms with van der Waals surface area (Å²) in [4.78, 5) is 0. The zero-order chi connectivity index (χ0) is 15.9. The van der Waals surface area contributed by atoms with Crippen molar-refractivity contribution in [2.24, 2.45) is 0 Å². The molecule has 0 unspecified atom stereocenters. The molecule has 0 bridgehead atoms. The number of hydrogen-bond donors (Lipinski definition) is 1. The first-order valence-corrected chi connectivity index (χ1v) is 7.72. The number of rotatable bonds is 7. The van der Waals surface area contributed by atoms with Crippen molar-refractivity contribution in [3.05, 3.63) is 58.7 Å². The lowest BCUT2D eigenvalue weighted by Crippen LogP contribution is -2.04. The van der Waals surface area contributed by atoms with Crippen LogP contribution in [0.25, 0.3) is 0 Å². The first-order valence-electron chi connectivity index (χ1n) is 7.72. The minimum atomic E-state index is 0.564. The van der Waals surface area contributed by atoms with Crippen molar-refractivity contribution in [3.63, 3.8) is 0 Å². The van der Waals surface area contributed by atoms with Crippen LogP contribution in [0.5, 0.6) is 5.75 Å². The van der Waals surface area contributed by atoms with Crippen molar-refractivity contribution in [1.82, 2.24) is 0 Å². The van der Waals surface area contributed by atoms with Gasteiger partial charge in [0.1, 0.15) is 12.4 Å². The van der Waals surface area contributed by atoms with Crippen LogP contribution < -0.4 is 10.1 Å². The van der Waals surface area contributed by atoms with Crippen LogP contribution >= 0.6 is 0 Å². The zero-order valence-electron chi connectivity index (χ0n) is 13.9. The van der Waals surface area contributed by atoms with Gasteiger partial charge in [0, 0.05) is 24.9 Å². The predicted octanol–water partition coefficient (Wildman–Crippen LogP) is 4.46. The third kappa shape index (κ3) is 4.01. The Morgan fingerprint density at radius 2 is 1.82 bits per heavy atom. The summed E-state index contributed by atoms with van der Waals surface area (Å²) in [5.41, 5.74) is 5.86. The molecule has 22 heavy (non-hydrogen) atoms. The van der Waals surface area contributed by atoms with Crippen LogP contribution in [-0.4, -0.2) is 13.7 Å². The fourth-order valence-electron chi connectivity index (χ4n) is 2.46. The minimum absolute atomic E-state index is 0.564. The molecule has 0 heterocycles. The van der Waals surface area contributed by atoms with Gasteiger partial charge in [-0.3, -0.25) is 0 Å². The Morgan fingerprint density at radius 3 is 2.50 bits per heavy atom. The Hall–Kier alpha value is -2.00. The summed E-state index contributed by atoms with van der Waals surface area (Å²) >= 11 is 0. The Labute approximate surface area is 133 Å². The molecule has 2 rings (SSSR count). The van der Waals surface area contributed by atoms with Crippen LogP contribution in [0.2, 0.25) is 0 Å². The summed E-state index contributed by atoms with van der Waals surface area (Å²) in [6, 6.07) is 12.5. The fourth-order valence-corrected chi connectivity index (χ4v) is 2.46. The first kappa shape index (κ1) is 16.4. The summed E-state index contributed by atoms with van der Waals surface area (Å²) in [6.07, 6.45) is 0. The van der Waals surface area contributed by atoms with Gasteiger partial charge in [0.2, 0.25) is 0 Å². The third-order valence-corrected chi connectivity index (χ3v) is 3.76. The van der Waals surface area contributed by atoms with Crippen LogP contribution in [0, 0.1) is 13.8 Å². The van der Waals surface area contributed by atoms with Crippen molar-refractivity contribution in [3.8, 4) is 5.75 Å². The van der Waals surface area contributed by atoms with E-state index in [9.17, 15) is 0 Å². The lowest BCUT2D eigenvalue weighted by Gasteiger charge is -2.15. The topological polar surface area (TPSA) is 30.5 Å². The molecule has 2 aromatic carbocycles. The average Bonchev–Trinajstić information content (AvgIpc) is 2.52. The van der Waals surface area contributed by atoms with E-state index in [1.165, 1.54) is 16.7 Å². The zero-order valence-corrected chi connectivity index (χ0v) is 13.9. The van der Waals surface area contributed by atoms with Gasteiger partial charge in [0.15, 0.2) is 0 Å². The molecule has 0 radical (unpaired) electrons. The highest BCUT2D eigenvalue weighted by Crippen LogP contribution is 2.24. The van der Waals surface area contributed by atoms with E-state index in [0.717, 1.165) is 23.6 Å². The van der Waals surface area contributed by atoms with E-state index in [-0.39, 0.29) is 0 Å². The van der Waals surface area contributed by atoms with Gasteiger partial charge in [0.25, 0.3) is 0 Å². The molecule has 0 aromatic heterocycles. The molecule has 118 valence electrons. The van der Waals surface area contributed by atoms with E-state index >= 15 is 0 Å². The van der Waals surface area contributed by atoms with Crippen molar-refractivity contribution < 1.29 is 9.47 Å². The van der Waals surface area contributed by atoms with E-state index in [1.807, 2.05) is 20.0 Å². The van der Waals surface area contributed by atoms with Gasteiger partial charge in [-0.05, 0) is 49.6 Å². The number of hydrogen-bond acceptors (Lipinski definition) is 3. The van der Waals surface area contributed by atoms with Crippen LogP contribution in [0.4, 0.5) is 5.69 Å². The van der Waals surface area contributed by atoms with Crippen LogP contribution in [0.15, 0.2) is 36.4 Å². The lowest BCUT2D eigenvalue weighted by molar-refractivity contribution is 0.134. The summed E-state index contributed by atoms with van der Waals surface area (Å²) in [5.74, 6) is 0.922. The maximum Gasteiger partial charge on any atom is 0.122 e. The third-order valence-electron chi connectivity index (χ3n) is 3.76. The van der Waals surface area contributed by atoms with Crippen molar-refractivity contribution in [2.45, 2.75) is 34.0 Å². The first-order chi connectivity index (χ1) is 10.7. The maximum absolute atomic E-state index is 6.02. The second-order valence-electron chi connectivity index (χ2n) is 5.38. The number of nitrogens with one attached hydrogen (secondary N) is 1. The largest absolute Gasteiger partial charge is 0.489 e. The molecule has 0 atom stereocenters. The Balaban J connectivity index is 2.09. The van der Waals surface area contributed by atoms with Crippen LogP contribution in [0.3, 0.4) is 0 Å². The van der Waals surface area contributed by atoms with Crippen LogP contribution in [0.1, 0.15) is 29.2 Å². The van der Waals surface area contributed by atoms with Gasteiger partial charge in [-0.2, -0.15) is 0 Å². The Morgan fingerprint density at radius 1 is 1.00 bits per heavy atom. The SMILES string of the molecule is CCOCc1ccc(OCc2c(C)cccc2NC)c(C)c1. The molecule has 0 saturated heterocycles. The van der Waals surface area contributed by atoms with Gasteiger partial charge in [0.05, 0.1) is 6.61 Å². The summed E-state index contributed by atoms with van der Waals surface area (Å²) in [6.45, 7) is 8.14. The van der Waals surface area contributed by atoms with E-state index in [4.69, 9.17) is 9.47 Å². The standard InChI is InChI=1S/C19H25NO2/c1-5-21-12-16-9-10-19(15(3)11-16)22-13-17-14(2)7-6-8-18(17)20-4/h6-11,20H,5,12-13H2,1-4H3. The highest BCUT2D eigenvalue weighted by atomic mass is 16.5. The van der Waals surface area contributed by atoms with Crippen molar-refractivity contribution in [2.75, 3.05) is 19.0 Å². The monoisotopic (exact) mass is 299 g/mol. The summed E-state index contributed by atoms with van der Waals surface area (Å²) in [5, 5.41) is 3.22. The smallest absolute Gasteiger partial charge is 0.122 e. The van der Waals surface area contributed by atoms with Gasteiger partial charge < -0.3 is 14.8 Å². The molecular weight excluding hydrogens is 274 g/mol. The predicted molar refractivity (Wildman–Crippen MR) is 91.6 cm³/mol. The van der Waals surface area contributed by atoms with Gasteiger partial charge in [-0.25, -0.2) is 0 Å². The average molecular weight is 299 g/mol. The van der Waals surface area contributed by atoms with Crippen molar-refractivity contribution in [1.29, 1.82) is 0 Å². The fraction of sp³-hybridized carbons (Fsp3) is 0.368. The molecule has 3 nitrogen and oxygen atoms in total. The molecule has 3 heteroatoms. The van der Waals surface area contributed by atoms with Gasteiger partial charge in [-0.1, -0.05) is 24.3 Å². The maximum atomic E-state index is 6.02. The van der Waals surface area contributed by atoms with E-state index in [0.29, 0.717) is 13.2 Å². The number of ether oxygens (including phenoxy) is 2. The van der Waals surface area contributed by atoms with Gasteiger partial charge in [-0.15, -0.1) is 0 Å². The lowest BCUT2D eigenvalue weighted by atomic mass is 10.1. The normalized spacial score (nSPS) is 10.5.